The van der Waals surface area contributed by atoms with E-state index in [0.29, 0.717) is 59.0 Å². The summed E-state index contributed by atoms with van der Waals surface area (Å²) in [4.78, 5) is 13.9. The molecule has 0 aliphatic rings. The van der Waals surface area contributed by atoms with Crippen LogP contribution >= 0.6 is 0 Å². The first-order valence-electron chi connectivity index (χ1n) is 10.4. The molecular weight excluding hydrogens is 390 g/mol. The Morgan fingerprint density at radius 3 is 2.10 bits per heavy atom. The summed E-state index contributed by atoms with van der Waals surface area (Å²) in [5.74, 6) is -0.213. The van der Waals surface area contributed by atoms with Crippen LogP contribution in [0, 0.1) is 0 Å². The first-order chi connectivity index (χ1) is 14.5. The summed E-state index contributed by atoms with van der Waals surface area (Å²) in [5.41, 5.74) is 2.34. The van der Waals surface area contributed by atoms with Crippen LogP contribution in [0.3, 0.4) is 0 Å². The summed E-state index contributed by atoms with van der Waals surface area (Å²) in [6.07, 6.45) is 0.834. The summed E-state index contributed by atoms with van der Waals surface area (Å²) >= 11 is 0. The summed E-state index contributed by atoms with van der Waals surface area (Å²) < 4.78 is 21.2. The van der Waals surface area contributed by atoms with E-state index >= 15 is 0 Å². The number of benzene rings is 1. The third-order valence-electron chi connectivity index (χ3n) is 4.25. The van der Waals surface area contributed by atoms with Gasteiger partial charge in [-0.15, -0.1) is 0 Å². The second-order valence-electron chi connectivity index (χ2n) is 7.17. The van der Waals surface area contributed by atoms with Crippen LogP contribution in [0.2, 0.25) is 0 Å². The number of hydrogen-bond donors (Lipinski definition) is 2. The maximum atomic E-state index is 11.8. The van der Waals surface area contributed by atoms with Crippen molar-refractivity contribution in [3.05, 3.63) is 29.3 Å². The van der Waals surface area contributed by atoms with Gasteiger partial charge in [-0.1, -0.05) is 6.07 Å². The normalized spacial score (nSPS) is 11.1. The largest absolute Gasteiger partial charge is 0.463 e. The van der Waals surface area contributed by atoms with Gasteiger partial charge in [-0.05, 0) is 43.5 Å². The Morgan fingerprint density at radius 2 is 1.53 bits per heavy atom. The third kappa shape index (κ3) is 11.5. The fourth-order valence-corrected chi connectivity index (χ4v) is 2.85. The lowest BCUT2D eigenvalue weighted by Crippen LogP contribution is -2.30. The number of ether oxygens (including phenoxy) is 4. The first kappa shape index (κ1) is 26.3. The maximum Gasteiger partial charge on any atom is 0.306 e. The second-order valence-corrected chi connectivity index (χ2v) is 7.17. The number of methoxy groups -OCH3 is 1. The van der Waals surface area contributed by atoms with Gasteiger partial charge in [0, 0.05) is 32.3 Å². The van der Waals surface area contributed by atoms with Crippen molar-refractivity contribution in [2.24, 2.45) is 0 Å². The highest BCUT2D eigenvalue weighted by Gasteiger charge is 2.12. The molecule has 0 heterocycles. The molecule has 0 amide bonds. The second kappa shape index (κ2) is 16.0. The van der Waals surface area contributed by atoms with Crippen molar-refractivity contribution in [2.75, 3.05) is 58.1 Å². The van der Waals surface area contributed by atoms with Crippen molar-refractivity contribution in [3.8, 4) is 0 Å². The minimum absolute atomic E-state index is 0.106. The number of carbonyl (C=O) groups excluding carboxylic acids is 1. The van der Waals surface area contributed by atoms with Crippen LogP contribution in [0.5, 0.6) is 0 Å². The summed E-state index contributed by atoms with van der Waals surface area (Å²) in [6.45, 7) is 7.25. The molecule has 0 unspecified atom stereocenters. The first-order valence-corrected chi connectivity index (χ1v) is 10.4. The summed E-state index contributed by atoms with van der Waals surface area (Å²) in [5, 5.41) is 19.0. The van der Waals surface area contributed by atoms with Crippen LogP contribution in [0.4, 0.5) is 5.69 Å². The molecule has 1 aromatic carbocycles. The highest BCUT2D eigenvalue weighted by Crippen LogP contribution is 2.20. The average molecular weight is 428 g/mol. The maximum absolute atomic E-state index is 11.8. The Hall–Kier alpha value is -1.71. The quantitative estimate of drug-likeness (QED) is 0.287. The molecule has 0 aliphatic carbocycles. The lowest BCUT2D eigenvalue weighted by atomic mass is 10.1. The van der Waals surface area contributed by atoms with Gasteiger partial charge in [0.2, 0.25) is 0 Å². The van der Waals surface area contributed by atoms with E-state index in [4.69, 9.17) is 18.9 Å². The van der Waals surface area contributed by atoms with Crippen LogP contribution in [-0.2, 0) is 37.0 Å². The molecule has 1 aromatic rings. The van der Waals surface area contributed by atoms with E-state index in [2.05, 4.69) is 4.90 Å². The minimum atomic E-state index is -0.213. The van der Waals surface area contributed by atoms with Crippen LogP contribution in [0.25, 0.3) is 0 Å². The number of esters is 1. The molecule has 0 fully saturated rings. The standard InChI is InChI=1S/C22H37NO7/c1-18(2)30-22(26)5-4-6-23(7-8-28-11-12-29-10-9-27-3)21-14-19(16-24)13-20(15-21)17-25/h13-15,18,24-25H,4-12,16-17H2,1-3H3. The number of nitrogens with zero attached hydrogens (tertiary/aromatic N) is 1. The van der Waals surface area contributed by atoms with Gasteiger partial charge in [0.25, 0.3) is 0 Å². The van der Waals surface area contributed by atoms with E-state index in [1.54, 1.807) is 13.2 Å². The van der Waals surface area contributed by atoms with Crippen molar-refractivity contribution in [1.29, 1.82) is 0 Å². The number of hydrogen-bond acceptors (Lipinski definition) is 8. The molecule has 8 heteroatoms. The predicted molar refractivity (Wildman–Crippen MR) is 114 cm³/mol. The molecule has 30 heavy (non-hydrogen) atoms. The molecular formula is C22H37NO7. The highest BCUT2D eigenvalue weighted by molar-refractivity contribution is 5.69. The highest BCUT2D eigenvalue weighted by atomic mass is 16.5. The molecule has 0 bridgehead atoms. The molecule has 0 aromatic heterocycles. The topological polar surface area (TPSA) is 97.7 Å². The van der Waals surface area contributed by atoms with E-state index in [1.807, 2.05) is 26.0 Å². The number of aliphatic hydroxyl groups is 2. The lowest BCUT2D eigenvalue weighted by molar-refractivity contribution is -0.147. The summed E-state index contributed by atoms with van der Waals surface area (Å²) in [6, 6.07) is 5.55. The number of rotatable bonds is 17. The SMILES string of the molecule is COCCOCCOCCN(CCCC(=O)OC(C)C)c1cc(CO)cc(CO)c1. The molecule has 1 rings (SSSR count). The van der Waals surface area contributed by atoms with Gasteiger partial charge in [-0.2, -0.15) is 0 Å². The Labute approximate surface area is 179 Å². The van der Waals surface area contributed by atoms with Gasteiger partial charge in [0.05, 0.1) is 52.4 Å². The number of aliphatic hydroxyl groups excluding tert-OH is 2. The third-order valence-corrected chi connectivity index (χ3v) is 4.25. The molecule has 0 saturated carbocycles. The van der Waals surface area contributed by atoms with Gasteiger partial charge in [-0.3, -0.25) is 4.79 Å². The van der Waals surface area contributed by atoms with Gasteiger partial charge in [0.1, 0.15) is 0 Å². The monoisotopic (exact) mass is 427 g/mol. The lowest BCUT2D eigenvalue weighted by Gasteiger charge is -2.26. The van der Waals surface area contributed by atoms with Crippen LogP contribution < -0.4 is 4.90 Å². The fraction of sp³-hybridized carbons (Fsp3) is 0.682. The molecule has 0 spiro atoms. The molecule has 0 saturated heterocycles. The Bertz CT molecular complexity index is 573. The van der Waals surface area contributed by atoms with Crippen molar-refractivity contribution >= 4 is 11.7 Å². The van der Waals surface area contributed by atoms with Gasteiger partial charge >= 0.3 is 5.97 Å². The van der Waals surface area contributed by atoms with Gasteiger partial charge < -0.3 is 34.1 Å². The smallest absolute Gasteiger partial charge is 0.306 e. The molecule has 8 nitrogen and oxygen atoms in total. The summed E-state index contributed by atoms with van der Waals surface area (Å²) in [7, 11) is 1.63. The Kier molecular flexibility index (Phi) is 14.1. The Morgan fingerprint density at radius 1 is 0.933 bits per heavy atom. The predicted octanol–water partition coefficient (Wildman–Crippen LogP) is 1.89. The number of anilines is 1. The van der Waals surface area contributed by atoms with Crippen molar-refractivity contribution in [1.82, 2.24) is 0 Å². The van der Waals surface area contributed by atoms with Crippen LogP contribution in [-0.4, -0.2) is 75.5 Å². The van der Waals surface area contributed by atoms with E-state index in [1.165, 1.54) is 0 Å². The molecule has 0 radical (unpaired) electrons. The molecule has 0 aliphatic heterocycles. The van der Waals surface area contributed by atoms with E-state index in [9.17, 15) is 15.0 Å². The fourth-order valence-electron chi connectivity index (χ4n) is 2.85. The van der Waals surface area contributed by atoms with Crippen LogP contribution in [0.15, 0.2) is 18.2 Å². The minimum Gasteiger partial charge on any atom is -0.463 e. The van der Waals surface area contributed by atoms with Gasteiger partial charge in [0.15, 0.2) is 0 Å². The average Bonchev–Trinajstić information content (AvgIpc) is 2.73. The van der Waals surface area contributed by atoms with E-state index in [-0.39, 0.29) is 25.3 Å². The van der Waals surface area contributed by atoms with Gasteiger partial charge in [-0.25, -0.2) is 0 Å². The van der Waals surface area contributed by atoms with Crippen molar-refractivity contribution in [2.45, 2.75) is 46.0 Å². The van der Waals surface area contributed by atoms with Crippen molar-refractivity contribution < 1.29 is 34.0 Å². The zero-order chi connectivity index (χ0) is 22.2. The zero-order valence-electron chi connectivity index (χ0n) is 18.5. The molecule has 0 atom stereocenters. The number of carbonyl (C=O) groups is 1. The van der Waals surface area contributed by atoms with E-state index in [0.717, 1.165) is 16.8 Å². The van der Waals surface area contributed by atoms with Crippen molar-refractivity contribution in [3.63, 3.8) is 0 Å². The molecule has 172 valence electrons. The van der Waals surface area contributed by atoms with Crippen LogP contribution in [0.1, 0.15) is 37.8 Å². The zero-order valence-corrected chi connectivity index (χ0v) is 18.5. The Balaban J connectivity index is 2.62. The molecule has 2 N–H and O–H groups in total. The van der Waals surface area contributed by atoms with E-state index < -0.39 is 0 Å².